The van der Waals surface area contributed by atoms with E-state index in [1.165, 1.54) is 31.4 Å². The fourth-order valence-corrected chi connectivity index (χ4v) is 2.02. The van der Waals surface area contributed by atoms with Crippen LogP contribution >= 0.6 is 11.6 Å². The van der Waals surface area contributed by atoms with E-state index in [0.717, 1.165) is 0 Å². The highest BCUT2D eigenvalue weighted by molar-refractivity contribution is 6.33. The van der Waals surface area contributed by atoms with Crippen molar-refractivity contribution in [2.75, 3.05) is 12.4 Å². The van der Waals surface area contributed by atoms with Crippen molar-refractivity contribution in [3.8, 4) is 11.5 Å². The van der Waals surface area contributed by atoms with Crippen LogP contribution in [0.3, 0.4) is 0 Å². The zero-order chi connectivity index (χ0) is 15.4. The standard InChI is InChI=1S/C14H13ClN2O4/c1-21-11-3-5-14(18)9(6-11)8-16-13-4-2-10(17(19)20)7-12(13)15/h2-7,16,18H,8H2,1H3. The van der Waals surface area contributed by atoms with E-state index in [1.807, 2.05) is 0 Å². The number of nitro benzene ring substituents is 1. The number of rotatable bonds is 5. The fourth-order valence-electron chi connectivity index (χ4n) is 1.78. The Morgan fingerprint density at radius 2 is 2.10 bits per heavy atom. The largest absolute Gasteiger partial charge is 0.508 e. The molecule has 110 valence electrons. The summed E-state index contributed by atoms with van der Waals surface area (Å²) in [7, 11) is 1.54. The smallest absolute Gasteiger partial charge is 0.271 e. The number of benzene rings is 2. The number of hydrogen-bond donors (Lipinski definition) is 2. The van der Waals surface area contributed by atoms with E-state index in [0.29, 0.717) is 23.5 Å². The molecule has 21 heavy (non-hydrogen) atoms. The summed E-state index contributed by atoms with van der Waals surface area (Å²) in [6, 6.07) is 9.04. The van der Waals surface area contributed by atoms with Gasteiger partial charge in [-0.05, 0) is 24.3 Å². The van der Waals surface area contributed by atoms with E-state index in [-0.39, 0.29) is 16.5 Å². The zero-order valence-electron chi connectivity index (χ0n) is 11.2. The number of aromatic hydroxyl groups is 1. The monoisotopic (exact) mass is 308 g/mol. The lowest BCUT2D eigenvalue weighted by Gasteiger charge is -2.11. The summed E-state index contributed by atoms with van der Waals surface area (Å²) in [5.74, 6) is 0.751. The minimum atomic E-state index is -0.510. The van der Waals surface area contributed by atoms with Gasteiger partial charge in [-0.25, -0.2) is 0 Å². The summed E-state index contributed by atoms with van der Waals surface area (Å²) in [4.78, 5) is 10.1. The summed E-state index contributed by atoms with van der Waals surface area (Å²) < 4.78 is 5.09. The van der Waals surface area contributed by atoms with Crippen LogP contribution in [-0.4, -0.2) is 17.1 Å². The predicted octanol–water partition coefficient (Wildman–Crippen LogP) is 3.57. The number of phenolic OH excluding ortho intramolecular Hbond substituents is 1. The van der Waals surface area contributed by atoms with E-state index in [2.05, 4.69) is 5.32 Å². The first kappa shape index (κ1) is 14.9. The van der Waals surface area contributed by atoms with Gasteiger partial charge in [0.15, 0.2) is 0 Å². The van der Waals surface area contributed by atoms with Gasteiger partial charge in [-0.3, -0.25) is 10.1 Å². The molecule has 0 aromatic heterocycles. The number of halogens is 1. The number of anilines is 1. The SMILES string of the molecule is COc1ccc(O)c(CNc2ccc([N+](=O)[O-])cc2Cl)c1. The Balaban J connectivity index is 2.15. The summed E-state index contributed by atoms with van der Waals surface area (Å²) in [5, 5.41) is 23.7. The lowest BCUT2D eigenvalue weighted by Crippen LogP contribution is -2.01. The molecular formula is C14H13ClN2O4. The number of nitro groups is 1. The Morgan fingerprint density at radius 3 is 2.71 bits per heavy atom. The van der Waals surface area contributed by atoms with Crippen LogP contribution in [0.15, 0.2) is 36.4 Å². The fraction of sp³-hybridized carbons (Fsp3) is 0.143. The van der Waals surface area contributed by atoms with E-state index in [4.69, 9.17) is 16.3 Å². The molecule has 0 amide bonds. The predicted molar refractivity (Wildman–Crippen MR) is 80.1 cm³/mol. The molecule has 0 atom stereocenters. The Bertz CT molecular complexity index is 676. The third kappa shape index (κ3) is 3.55. The molecule has 7 heteroatoms. The van der Waals surface area contributed by atoms with Crippen LogP contribution in [0, 0.1) is 10.1 Å². The molecule has 0 heterocycles. The molecule has 0 spiro atoms. The highest BCUT2D eigenvalue weighted by Gasteiger charge is 2.10. The molecule has 0 bridgehead atoms. The van der Waals surface area contributed by atoms with Gasteiger partial charge in [0.2, 0.25) is 0 Å². The summed E-state index contributed by atoms with van der Waals surface area (Å²) in [5.41, 5.74) is 1.10. The van der Waals surface area contributed by atoms with Crippen LogP contribution in [0.25, 0.3) is 0 Å². The van der Waals surface area contributed by atoms with Crippen molar-refractivity contribution in [2.24, 2.45) is 0 Å². The van der Waals surface area contributed by atoms with Crippen molar-refractivity contribution in [1.82, 2.24) is 0 Å². The molecule has 6 nitrogen and oxygen atoms in total. The van der Waals surface area contributed by atoms with E-state index < -0.39 is 4.92 Å². The molecule has 0 radical (unpaired) electrons. The average molecular weight is 309 g/mol. The van der Waals surface area contributed by atoms with E-state index in [1.54, 1.807) is 12.1 Å². The van der Waals surface area contributed by atoms with Crippen molar-refractivity contribution in [2.45, 2.75) is 6.54 Å². The molecule has 0 aliphatic heterocycles. The maximum Gasteiger partial charge on any atom is 0.271 e. The second-order valence-electron chi connectivity index (χ2n) is 4.27. The van der Waals surface area contributed by atoms with Crippen molar-refractivity contribution in [3.05, 3.63) is 57.1 Å². The van der Waals surface area contributed by atoms with Crippen molar-refractivity contribution < 1.29 is 14.8 Å². The van der Waals surface area contributed by atoms with Gasteiger partial charge >= 0.3 is 0 Å². The number of nitrogens with one attached hydrogen (secondary N) is 1. The Morgan fingerprint density at radius 1 is 1.33 bits per heavy atom. The first-order valence-corrected chi connectivity index (χ1v) is 6.42. The molecule has 0 unspecified atom stereocenters. The Kier molecular flexibility index (Phi) is 4.49. The molecular weight excluding hydrogens is 296 g/mol. The maximum atomic E-state index is 10.6. The van der Waals surface area contributed by atoms with Gasteiger partial charge in [0, 0.05) is 24.2 Å². The lowest BCUT2D eigenvalue weighted by molar-refractivity contribution is -0.384. The molecule has 2 aromatic rings. The van der Waals surface area contributed by atoms with E-state index in [9.17, 15) is 15.2 Å². The van der Waals surface area contributed by atoms with Crippen LogP contribution in [0.2, 0.25) is 5.02 Å². The molecule has 0 aliphatic rings. The maximum absolute atomic E-state index is 10.6. The molecule has 0 aliphatic carbocycles. The molecule has 2 rings (SSSR count). The first-order valence-electron chi connectivity index (χ1n) is 6.05. The van der Waals surface area contributed by atoms with Gasteiger partial charge in [-0.1, -0.05) is 11.6 Å². The number of phenols is 1. The van der Waals surface area contributed by atoms with Crippen LogP contribution in [-0.2, 0) is 6.54 Å². The van der Waals surface area contributed by atoms with Gasteiger partial charge in [-0.2, -0.15) is 0 Å². The quantitative estimate of drug-likeness (QED) is 0.651. The zero-order valence-corrected chi connectivity index (χ0v) is 11.9. The van der Waals surface area contributed by atoms with E-state index >= 15 is 0 Å². The lowest BCUT2D eigenvalue weighted by atomic mass is 10.2. The Hall–Kier alpha value is -2.47. The molecule has 0 saturated carbocycles. The number of non-ortho nitro benzene ring substituents is 1. The Labute approximate surface area is 126 Å². The normalized spacial score (nSPS) is 10.2. The first-order chi connectivity index (χ1) is 10.0. The third-order valence-corrected chi connectivity index (χ3v) is 3.23. The van der Waals surface area contributed by atoms with Crippen LogP contribution < -0.4 is 10.1 Å². The molecule has 2 aromatic carbocycles. The molecule has 2 N–H and O–H groups in total. The van der Waals surface area contributed by atoms with Crippen molar-refractivity contribution >= 4 is 23.0 Å². The number of methoxy groups -OCH3 is 1. The minimum absolute atomic E-state index is 0.0743. The van der Waals surface area contributed by atoms with Crippen molar-refractivity contribution in [1.29, 1.82) is 0 Å². The second kappa shape index (κ2) is 6.32. The number of nitrogens with zero attached hydrogens (tertiary/aromatic N) is 1. The number of hydrogen-bond acceptors (Lipinski definition) is 5. The average Bonchev–Trinajstić information content (AvgIpc) is 2.47. The van der Waals surface area contributed by atoms with Crippen LogP contribution in [0.5, 0.6) is 11.5 Å². The van der Waals surface area contributed by atoms with Gasteiger partial charge in [0.1, 0.15) is 11.5 Å². The topological polar surface area (TPSA) is 84.6 Å². The van der Waals surface area contributed by atoms with Gasteiger partial charge in [-0.15, -0.1) is 0 Å². The summed E-state index contributed by atoms with van der Waals surface area (Å²) in [6.07, 6.45) is 0. The number of ether oxygens (including phenoxy) is 1. The second-order valence-corrected chi connectivity index (χ2v) is 4.68. The summed E-state index contributed by atoms with van der Waals surface area (Å²) >= 11 is 5.98. The van der Waals surface area contributed by atoms with Gasteiger partial charge in [0.25, 0.3) is 5.69 Å². The van der Waals surface area contributed by atoms with Crippen LogP contribution in [0.1, 0.15) is 5.56 Å². The van der Waals surface area contributed by atoms with Gasteiger partial charge < -0.3 is 15.2 Å². The van der Waals surface area contributed by atoms with Crippen molar-refractivity contribution in [3.63, 3.8) is 0 Å². The minimum Gasteiger partial charge on any atom is -0.508 e. The third-order valence-electron chi connectivity index (χ3n) is 2.92. The van der Waals surface area contributed by atoms with Gasteiger partial charge in [0.05, 0.1) is 22.7 Å². The molecule has 0 fully saturated rings. The summed E-state index contributed by atoms with van der Waals surface area (Å²) in [6.45, 7) is 0.306. The molecule has 0 saturated heterocycles. The highest BCUT2D eigenvalue weighted by atomic mass is 35.5. The highest BCUT2D eigenvalue weighted by Crippen LogP contribution is 2.28. The van der Waals surface area contributed by atoms with Crippen LogP contribution in [0.4, 0.5) is 11.4 Å².